The summed E-state index contributed by atoms with van der Waals surface area (Å²) < 4.78 is 31.2. The lowest BCUT2D eigenvalue weighted by molar-refractivity contribution is 0.144. The van der Waals surface area contributed by atoms with Gasteiger partial charge in [-0.2, -0.15) is 0 Å². The standard InChI is InChI=1S/C11H14ClF2NO/c1-2-4-16-5-3-15-11-9(12)6-8(13)7-10(11)14/h6-7,15H,2-5H2,1H3. The Morgan fingerprint density at radius 1 is 1.31 bits per heavy atom. The minimum Gasteiger partial charge on any atom is -0.380 e. The van der Waals surface area contributed by atoms with Crippen molar-refractivity contribution >= 4 is 17.3 Å². The Balaban J connectivity index is 2.47. The predicted octanol–water partition coefficient (Wildman–Crippen LogP) is 3.46. The first-order valence-electron chi connectivity index (χ1n) is 5.11. The molecule has 16 heavy (non-hydrogen) atoms. The zero-order chi connectivity index (χ0) is 12.0. The normalized spacial score (nSPS) is 10.5. The highest BCUT2D eigenvalue weighted by molar-refractivity contribution is 6.33. The summed E-state index contributed by atoms with van der Waals surface area (Å²) >= 11 is 5.69. The van der Waals surface area contributed by atoms with Gasteiger partial charge in [0.15, 0.2) is 5.82 Å². The minimum atomic E-state index is -0.694. The summed E-state index contributed by atoms with van der Waals surface area (Å²) in [6.07, 6.45) is 0.936. The quantitative estimate of drug-likeness (QED) is 0.780. The van der Waals surface area contributed by atoms with E-state index in [0.29, 0.717) is 19.8 Å². The summed E-state index contributed by atoms with van der Waals surface area (Å²) in [5.41, 5.74) is 0.114. The first-order valence-corrected chi connectivity index (χ1v) is 5.49. The number of nitrogens with one attached hydrogen (secondary N) is 1. The largest absolute Gasteiger partial charge is 0.380 e. The van der Waals surface area contributed by atoms with Crippen LogP contribution in [0, 0.1) is 11.6 Å². The van der Waals surface area contributed by atoms with Gasteiger partial charge < -0.3 is 10.1 Å². The molecular weight excluding hydrogens is 236 g/mol. The van der Waals surface area contributed by atoms with Gasteiger partial charge in [-0.1, -0.05) is 18.5 Å². The van der Waals surface area contributed by atoms with Crippen molar-refractivity contribution in [3.8, 4) is 0 Å². The number of ether oxygens (including phenoxy) is 1. The highest BCUT2D eigenvalue weighted by Gasteiger charge is 2.08. The highest BCUT2D eigenvalue weighted by Crippen LogP contribution is 2.25. The van der Waals surface area contributed by atoms with Crippen LogP contribution in [0.5, 0.6) is 0 Å². The number of hydrogen-bond acceptors (Lipinski definition) is 2. The van der Waals surface area contributed by atoms with E-state index in [9.17, 15) is 8.78 Å². The fourth-order valence-electron chi connectivity index (χ4n) is 1.21. The van der Waals surface area contributed by atoms with Gasteiger partial charge in [0.25, 0.3) is 0 Å². The molecule has 0 aliphatic heterocycles. The Hall–Kier alpha value is -0.870. The molecule has 0 bridgehead atoms. The van der Waals surface area contributed by atoms with Gasteiger partial charge in [0, 0.05) is 19.2 Å². The summed E-state index contributed by atoms with van der Waals surface area (Å²) in [6.45, 7) is 3.56. The van der Waals surface area contributed by atoms with Crippen molar-refractivity contribution in [3.05, 3.63) is 28.8 Å². The first-order chi connectivity index (χ1) is 7.65. The van der Waals surface area contributed by atoms with Gasteiger partial charge >= 0.3 is 0 Å². The fraction of sp³-hybridized carbons (Fsp3) is 0.455. The zero-order valence-corrected chi connectivity index (χ0v) is 9.78. The SMILES string of the molecule is CCCOCCNc1c(F)cc(F)cc1Cl. The topological polar surface area (TPSA) is 21.3 Å². The van der Waals surface area contributed by atoms with E-state index in [-0.39, 0.29) is 10.7 Å². The number of rotatable bonds is 6. The molecule has 1 N–H and O–H groups in total. The van der Waals surface area contributed by atoms with Crippen molar-refractivity contribution in [2.24, 2.45) is 0 Å². The molecule has 0 aliphatic carbocycles. The second-order valence-corrected chi connectivity index (χ2v) is 3.69. The van der Waals surface area contributed by atoms with Gasteiger partial charge in [0.2, 0.25) is 0 Å². The van der Waals surface area contributed by atoms with Gasteiger partial charge in [-0.3, -0.25) is 0 Å². The summed E-state index contributed by atoms with van der Waals surface area (Å²) in [6, 6.07) is 1.86. The van der Waals surface area contributed by atoms with E-state index in [0.717, 1.165) is 18.6 Å². The van der Waals surface area contributed by atoms with Gasteiger partial charge in [0.05, 0.1) is 17.3 Å². The molecule has 5 heteroatoms. The van der Waals surface area contributed by atoms with Crippen LogP contribution in [0.3, 0.4) is 0 Å². The van der Waals surface area contributed by atoms with Crippen LogP contribution in [-0.2, 0) is 4.74 Å². The minimum absolute atomic E-state index is 0.0352. The second kappa shape index (κ2) is 6.66. The Morgan fingerprint density at radius 2 is 2.06 bits per heavy atom. The Kier molecular flexibility index (Phi) is 5.49. The van der Waals surface area contributed by atoms with Crippen LogP contribution in [0.2, 0.25) is 5.02 Å². The Labute approximate surface area is 98.6 Å². The van der Waals surface area contributed by atoms with Crippen molar-refractivity contribution in [3.63, 3.8) is 0 Å². The maximum atomic E-state index is 13.3. The van der Waals surface area contributed by atoms with Crippen LogP contribution in [0.1, 0.15) is 13.3 Å². The molecule has 0 radical (unpaired) electrons. The zero-order valence-electron chi connectivity index (χ0n) is 9.03. The molecule has 1 aromatic rings. The van der Waals surface area contributed by atoms with Crippen molar-refractivity contribution in [1.82, 2.24) is 0 Å². The highest BCUT2D eigenvalue weighted by atomic mass is 35.5. The van der Waals surface area contributed by atoms with Crippen LogP contribution in [-0.4, -0.2) is 19.8 Å². The summed E-state index contributed by atoms with van der Waals surface area (Å²) in [5.74, 6) is -1.38. The summed E-state index contributed by atoms with van der Waals surface area (Å²) in [7, 11) is 0. The molecule has 0 spiro atoms. The molecule has 0 fully saturated rings. The van der Waals surface area contributed by atoms with Crippen LogP contribution in [0.4, 0.5) is 14.5 Å². The third-order valence-electron chi connectivity index (χ3n) is 1.90. The number of halogens is 3. The lowest BCUT2D eigenvalue weighted by Crippen LogP contribution is -2.11. The van der Waals surface area contributed by atoms with Crippen LogP contribution >= 0.6 is 11.6 Å². The lowest BCUT2D eigenvalue weighted by atomic mass is 10.3. The van der Waals surface area contributed by atoms with Crippen LogP contribution in [0.25, 0.3) is 0 Å². The molecule has 0 saturated heterocycles. The van der Waals surface area contributed by atoms with E-state index in [4.69, 9.17) is 16.3 Å². The molecule has 2 nitrogen and oxygen atoms in total. The molecule has 90 valence electrons. The first kappa shape index (κ1) is 13.2. The molecule has 0 amide bonds. The average Bonchev–Trinajstić information content (AvgIpc) is 2.20. The third kappa shape index (κ3) is 3.94. The average molecular weight is 250 g/mol. The van der Waals surface area contributed by atoms with E-state index in [1.807, 2.05) is 6.92 Å². The monoisotopic (exact) mass is 249 g/mol. The molecule has 1 rings (SSSR count). The second-order valence-electron chi connectivity index (χ2n) is 3.28. The fourth-order valence-corrected chi connectivity index (χ4v) is 1.47. The van der Waals surface area contributed by atoms with E-state index >= 15 is 0 Å². The van der Waals surface area contributed by atoms with E-state index in [1.165, 1.54) is 0 Å². The molecule has 0 saturated carbocycles. The maximum Gasteiger partial charge on any atom is 0.150 e. The predicted molar refractivity (Wildman–Crippen MR) is 61.0 cm³/mol. The lowest BCUT2D eigenvalue weighted by Gasteiger charge is -2.09. The third-order valence-corrected chi connectivity index (χ3v) is 2.20. The van der Waals surface area contributed by atoms with Crippen molar-refractivity contribution in [1.29, 1.82) is 0 Å². The van der Waals surface area contributed by atoms with Gasteiger partial charge in [-0.15, -0.1) is 0 Å². The van der Waals surface area contributed by atoms with Crippen molar-refractivity contribution < 1.29 is 13.5 Å². The van der Waals surface area contributed by atoms with Gasteiger partial charge in [-0.05, 0) is 12.5 Å². The maximum absolute atomic E-state index is 13.3. The number of anilines is 1. The van der Waals surface area contributed by atoms with Gasteiger partial charge in [0.1, 0.15) is 5.82 Å². The number of benzene rings is 1. The molecule has 0 aliphatic rings. The molecule has 0 aromatic heterocycles. The molecular formula is C11H14ClF2NO. The van der Waals surface area contributed by atoms with Crippen molar-refractivity contribution in [2.75, 3.05) is 25.1 Å². The van der Waals surface area contributed by atoms with Crippen LogP contribution in [0.15, 0.2) is 12.1 Å². The van der Waals surface area contributed by atoms with E-state index < -0.39 is 11.6 Å². The molecule has 0 heterocycles. The summed E-state index contributed by atoms with van der Waals surface area (Å²) in [4.78, 5) is 0. The van der Waals surface area contributed by atoms with Crippen LogP contribution < -0.4 is 5.32 Å². The van der Waals surface area contributed by atoms with Gasteiger partial charge in [-0.25, -0.2) is 8.78 Å². The van der Waals surface area contributed by atoms with E-state index in [2.05, 4.69) is 5.32 Å². The Morgan fingerprint density at radius 3 is 2.69 bits per heavy atom. The molecule has 0 atom stereocenters. The smallest absolute Gasteiger partial charge is 0.150 e. The number of hydrogen-bond donors (Lipinski definition) is 1. The van der Waals surface area contributed by atoms with E-state index in [1.54, 1.807) is 0 Å². The summed E-state index contributed by atoms with van der Waals surface area (Å²) in [5, 5.41) is 2.80. The molecule has 0 unspecified atom stereocenters. The Bertz CT molecular complexity index is 324. The van der Waals surface area contributed by atoms with Crippen molar-refractivity contribution in [2.45, 2.75) is 13.3 Å². The molecule has 1 aromatic carbocycles.